The van der Waals surface area contributed by atoms with Gasteiger partial charge in [0.25, 0.3) is 0 Å². The molecule has 2 heterocycles. The first-order valence-electron chi connectivity index (χ1n) is 7.32. The van der Waals surface area contributed by atoms with E-state index in [0.717, 1.165) is 22.6 Å². The summed E-state index contributed by atoms with van der Waals surface area (Å²) in [6, 6.07) is 20.1. The van der Waals surface area contributed by atoms with Crippen LogP contribution in [-0.2, 0) is 18.0 Å². The van der Waals surface area contributed by atoms with Crippen LogP contribution < -0.4 is 0 Å². The standard InChI is InChI=1S/C19H18N2O/c1-15-7-2-3-10-18(15)19-11-6-9-17(21-19)14-22-13-16-8-4-5-12-20-16/h2-12H,13-14H2,1H3. The van der Waals surface area contributed by atoms with E-state index in [0.29, 0.717) is 13.2 Å². The van der Waals surface area contributed by atoms with E-state index in [1.807, 2.05) is 48.5 Å². The molecule has 0 aliphatic carbocycles. The summed E-state index contributed by atoms with van der Waals surface area (Å²) in [5.41, 5.74) is 5.22. The summed E-state index contributed by atoms with van der Waals surface area (Å²) in [4.78, 5) is 8.93. The Labute approximate surface area is 130 Å². The number of rotatable bonds is 5. The summed E-state index contributed by atoms with van der Waals surface area (Å²) in [7, 11) is 0. The SMILES string of the molecule is Cc1ccccc1-c1cccc(COCc2ccccn2)n1. The van der Waals surface area contributed by atoms with Crippen molar-refractivity contribution in [3.63, 3.8) is 0 Å². The van der Waals surface area contributed by atoms with E-state index in [1.165, 1.54) is 5.56 Å². The number of benzene rings is 1. The third kappa shape index (κ3) is 3.57. The van der Waals surface area contributed by atoms with Crippen molar-refractivity contribution in [2.45, 2.75) is 20.1 Å². The van der Waals surface area contributed by atoms with Gasteiger partial charge >= 0.3 is 0 Å². The number of pyridine rings is 2. The molecule has 3 heteroatoms. The molecule has 3 rings (SSSR count). The van der Waals surface area contributed by atoms with E-state index in [-0.39, 0.29) is 0 Å². The van der Waals surface area contributed by atoms with E-state index in [9.17, 15) is 0 Å². The maximum atomic E-state index is 5.70. The van der Waals surface area contributed by atoms with Crippen LogP contribution in [-0.4, -0.2) is 9.97 Å². The molecule has 3 nitrogen and oxygen atoms in total. The van der Waals surface area contributed by atoms with E-state index in [1.54, 1.807) is 6.20 Å². The summed E-state index contributed by atoms with van der Waals surface area (Å²) >= 11 is 0. The summed E-state index contributed by atoms with van der Waals surface area (Å²) in [5.74, 6) is 0. The minimum absolute atomic E-state index is 0.482. The van der Waals surface area contributed by atoms with E-state index in [2.05, 4.69) is 29.0 Å². The fourth-order valence-electron chi connectivity index (χ4n) is 2.31. The highest BCUT2D eigenvalue weighted by atomic mass is 16.5. The Morgan fingerprint density at radius 1 is 0.818 bits per heavy atom. The first-order valence-corrected chi connectivity index (χ1v) is 7.32. The van der Waals surface area contributed by atoms with Crippen molar-refractivity contribution in [2.75, 3.05) is 0 Å². The third-order valence-corrected chi connectivity index (χ3v) is 3.45. The molecule has 3 aromatic rings. The van der Waals surface area contributed by atoms with Gasteiger partial charge in [-0.3, -0.25) is 9.97 Å². The Kier molecular flexibility index (Phi) is 4.56. The van der Waals surface area contributed by atoms with Gasteiger partial charge in [-0.05, 0) is 36.8 Å². The molecule has 22 heavy (non-hydrogen) atoms. The first kappa shape index (κ1) is 14.4. The predicted molar refractivity (Wildman–Crippen MR) is 87.1 cm³/mol. The van der Waals surface area contributed by atoms with Gasteiger partial charge in [-0.2, -0.15) is 0 Å². The normalized spacial score (nSPS) is 10.6. The number of hydrogen-bond acceptors (Lipinski definition) is 3. The summed E-state index contributed by atoms with van der Waals surface area (Å²) in [6.07, 6.45) is 1.77. The molecule has 2 aromatic heterocycles. The Hall–Kier alpha value is -2.52. The molecule has 0 aliphatic rings. The highest BCUT2D eigenvalue weighted by molar-refractivity contribution is 5.63. The zero-order valence-electron chi connectivity index (χ0n) is 12.6. The zero-order chi connectivity index (χ0) is 15.2. The smallest absolute Gasteiger partial charge is 0.0893 e. The molecule has 0 spiro atoms. The molecule has 1 aromatic carbocycles. The average molecular weight is 290 g/mol. The fraction of sp³-hybridized carbons (Fsp3) is 0.158. The molecule has 0 saturated heterocycles. The Bertz CT molecular complexity index is 741. The number of hydrogen-bond donors (Lipinski definition) is 0. The Morgan fingerprint density at radius 3 is 2.41 bits per heavy atom. The highest BCUT2D eigenvalue weighted by Crippen LogP contribution is 2.21. The van der Waals surface area contributed by atoms with Crippen LogP contribution in [0.3, 0.4) is 0 Å². The fourth-order valence-corrected chi connectivity index (χ4v) is 2.31. The van der Waals surface area contributed by atoms with Gasteiger partial charge in [0.1, 0.15) is 0 Å². The second-order valence-corrected chi connectivity index (χ2v) is 5.14. The van der Waals surface area contributed by atoms with Crippen LogP contribution in [0, 0.1) is 6.92 Å². The van der Waals surface area contributed by atoms with Gasteiger partial charge in [0.2, 0.25) is 0 Å². The maximum Gasteiger partial charge on any atom is 0.0893 e. The van der Waals surface area contributed by atoms with Gasteiger partial charge < -0.3 is 4.74 Å². The lowest BCUT2D eigenvalue weighted by molar-refractivity contribution is 0.102. The van der Waals surface area contributed by atoms with Crippen LogP contribution in [0.5, 0.6) is 0 Å². The van der Waals surface area contributed by atoms with Crippen LogP contribution in [0.15, 0.2) is 66.9 Å². The largest absolute Gasteiger partial charge is 0.369 e. The molecule has 0 atom stereocenters. The Balaban J connectivity index is 1.68. The summed E-state index contributed by atoms with van der Waals surface area (Å²) in [5, 5.41) is 0. The molecule has 0 amide bonds. The molecule has 0 fully saturated rings. The minimum atomic E-state index is 0.482. The first-order chi connectivity index (χ1) is 10.8. The molecule has 0 saturated carbocycles. The average Bonchev–Trinajstić information content (AvgIpc) is 2.57. The molecule has 0 aliphatic heterocycles. The van der Waals surface area contributed by atoms with Crippen LogP contribution in [0.4, 0.5) is 0 Å². The topological polar surface area (TPSA) is 35.0 Å². The van der Waals surface area contributed by atoms with E-state index < -0.39 is 0 Å². The lowest BCUT2D eigenvalue weighted by Gasteiger charge is -2.08. The van der Waals surface area contributed by atoms with E-state index in [4.69, 9.17) is 4.74 Å². The van der Waals surface area contributed by atoms with Crippen molar-refractivity contribution < 1.29 is 4.74 Å². The molecular weight excluding hydrogens is 272 g/mol. The second-order valence-electron chi connectivity index (χ2n) is 5.14. The number of nitrogens with zero attached hydrogens (tertiary/aromatic N) is 2. The van der Waals surface area contributed by atoms with Crippen molar-refractivity contribution in [1.82, 2.24) is 9.97 Å². The minimum Gasteiger partial charge on any atom is -0.369 e. The van der Waals surface area contributed by atoms with Crippen molar-refractivity contribution in [1.29, 1.82) is 0 Å². The van der Waals surface area contributed by atoms with Crippen LogP contribution in [0.1, 0.15) is 17.0 Å². The second kappa shape index (κ2) is 6.96. The molecule has 0 radical (unpaired) electrons. The van der Waals surface area contributed by atoms with Gasteiger partial charge in [-0.25, -0.2) is 0 Å². The van der Waals surface area contributed by atoms with Crippen molar-refractivity contribution in [2.24, 2.45) is 0 Å². The van der Waals surface area contributed by atoms with Crippen molar-refractivity contribution in [3.8, 4) is 11.3 Å². The van der Waals surface area contributed by atoms with Crippen LogP contribution in [0.2, 0.25) is 0 Å². The van der Waals surface area contributed by atoms with Gasteiger partial charge in [-0.1, -0.05) is 36.4 Å². The van der Waals surface area contributed by atoms with Gasteiger partial charge in [0.05, 0.1) is 30.3 Å². The Morgan fingerprint density at radius 2 is 1.59 bits per heavy atom. The lowest BCUT2D eigenvalue weighted by atomic mass is 10.1. The van der Waals surface area contributed by atoms with Gasteiger partial charge in [0.15, 0.2) is 0 Å². The maximum absolute atomic E-state index is 5.70. The quantitative estimate of drug-likeness (QED) is 0.707. The molecular formula is C19H18N2O. The highest BCUT2D eigenvalue weighted by Gasteiger charge is 2.04. The number of aromatic nitrogens is 2. The summed E-state index contributed by atoms with van der Waals surface area (Å²) < 4.78 is 5.70. The van der Waals surface area contributed by atoms with Gasteiger partial charge in [0, 0.05) is 11.8 Å². The summed E-state index contributed by atoms with van der Waals surface area (Å²) in [6.45, 7) is 3.08. The molecule has 0 bridgehead atoms. The number of aryl methyl sites for hydroxylation is 1. The van der Waals surface area contributed by atoms with E-state index >= 15 is 0 Å². The molecule has 110 valence electrons. The monoisotopic (exact) mass is 290 g/mol. The van der Waals surface area contributed by atoms with Crippen molar-refractivity contribution >= 4 is 0 Å². The molecule has 0 N–H and O–H groups in total. The lowest BCUT2D eigenvalue weighted by Crippen LogP contribution is -1.99. The van der Waals surface area contributed by atoms with Gasteiger partial charge in [-0.15, -0.1) is 0 Å². The number of ether oxygens (including phenoxy) is 1. The van der Waals surface area contributed by atoms with Crippen molar-refractivity contribution in [3.05, 3.63) is 83.8 Å². The molecule has 0 unspecified atom stereocenters. The van der Waals surface area contributed by atoms with Crippen LogP contribution >= 0.6 is 0 Å². The predicted octanol–water partition coefficient (Wildman–Crippen LogP) is 4.17. The third-order valence-electron chi connectivity index (χ3n) is 3.45. The van der Waals surface area contributed by atoms with Crippen LogP contribution in [0.25, 0.3) is 11.3 Å². The zero-order valence-corrected chi connectivity index (χ0v) is 12.6.